The maximum Gasteiger partial charge on any atom is 0.411 e. The molecule has 8 rings (SSSR count). The van der Waals surface area contributed by atoms with Gasteiger partial charge in [-0.25, -0.2) is 9.59 Å². The Hall–Kier alpha value is -3.26. The molecular formula is C51H85Cl7N6O5. The standard InChI is InChI=1S/C18H23ClN2O3.C14H20N2.C14H18N2.C3H4Cl2O2.C2H4Cl2.2ClH.7H2/c1-3-14-4-5-16-15(10-14)18(11-21(16)12-22)6-8-20(9-7-18)17(23)24-13(2)19;1-2-11-3-4-13-12(9-11)14(10-16-13)5-7-15-8-6-14;1-15(2)12-9-5-7-11-8-6-10-13(14(11)12)16(3)4;1-2(4)7-3(5)6;3-1-2-4;;;;;;;;;/h4-5,10,12-13H,3,6-9,11H2,1-2H3;3-4,9,15-16H,2,5-8,10H2,1H3;5-10H,1-4H3;2H,1H3;1-2H2;9*1H/i;;;;;;;5*1+1D;2*1+1. The van der Waals surface area contributed by atoms with Crippen molar-refractivity contribution >= 4 is 134 Å². The summed E-state index contributed by atoms with van der Waals surface area (Å²) in [7, 11) is 8.34. The van der Waals surface area contributed by atoms with Crippen LogP contribution in [0.4, 0.5) is 32.3 Å². The average Bonchev–Trinajstić information content (AvgIpc) is 3.96. The number of likely N-dealkylation sites (tertiary alicyclic amines) is 1. The van der Waals surface area contributed by atoms with Gasteiger partial charge < -0.3 is 39.7 Å². The van der Waals surface area contributed by atoms with Crippen molar-refractivity contribution in [3.63, 3.8) is 0 Å². The van der Waals surface area contributed by atoms with Crippen molar-refractivity contribution in [2.24, 2.45) is 0 Å². The second-order valence-electron chi connectivity index (χ2n) is 17.5. The zero-order valence-corrected chi connectivity index (χ0v) is 46.5. The number of carbonyl (C=O) groups excluding carboxylic acids is 3. The molecule has 4 aromatic carbocycles. The highest BCUT2D eigenvalue weighted by molar-refractivity contribution is 6.61. The fraction of sp³-hybridized carbons (Fsp3) is 0.510. The molecule has 2 spiro atoms. The van der Waals surface area contributed by atoms with E-state index in [0.29, 0.717) is 36.8 Å². The van der Waals surface area contributed by atoms with Crippen molar-refractivity contribution in [2.45, 2.75) is 88.2 Å². The van der Waals surface area contributed by atoms with Crippen molar-refractivity contribution in [2.75, 3.05) is 99.2 Å². The van der Waals surface area contributed by atoms with E-state index in [0.717, 1.165) is 57.4 Å². The molecule has 2 N–H and O–H groups in total. The van der Waals surface area contributed by atoms with Crippen molar-refractivity contribution in [1.82, 2.24) is 10.2 Å². The zero-order valence-electron chi connectivity index (χ0n) is 51.1. The first-order chi connectivity index (χ1) is 37.0. The fourth-order valence-electron chi connectivity index (χ4n) is 9.12. The van der Waals surface area contributed by atoms with Crippen LogP contribution >= 0.6 is 82.8 Å². The van der Waals surface area contributed by atoms with Crippen LogP contribution in [0.1, 0.15) is 93.3 Å². The van der Waals surface area contributed by atoms with Crippen LogP contribution in [-0.4, -0.2) is 113 Å². The lowest BCUT2D eigenvalue weighted by molar-refractivity contribution is -0.107. The van der Waals surface area contributed by atoms with E-state index in [1.54, 1.807) is 22.3 Å². The van der Waals surface area contributed by atoms with Gasteiger partial charge in [0.1, 0.15) is 0 Å². The summed E-state index contributed by atoms with van der Waals surface area (Å²) >= 11 is 25.7. The maximum atomic E-state index is 12.0. The lowest BCUT2D eigenvalue weighted by Crippen LogP contribution is -2.47. The molecule has 0 radical (unpaired) electrons. The summed E-state index contributed by atoms with van der Waals surface area (Å²) in [4.78, 5) is 41.0. The van der Waals surface area contributed by atoms with Crippen LogP contribution in [0.15, 0.2) is 72.8 Å². The molecule has 0 bridgehead atoms. The van der Waals surface area contributed by atoms with Gasteiger partial charge in [-0.1, -0.05) is 85.6 Å². The van der Waals surface area contributed by atoms with E-state index in [9.17, 15) is 14.4 Å². The smallest absolute Gasteiger partial charge is 0.411 e. The number of rotatable bonds is 8. The summed E-state index contributed by atoms with van der Waals surface area (Å²) in [6.45, 7) is 12.9. The first-order valence-corrected chi connectivity index (χ1v) is 25.3. The van der Waals surface area contributed by atoms with E-state index >= 15 is 0 Å². The quantitative estimate of drug-likeness (QED) is 0.101. The Morgan fingerprint density at radius 2 is 1.30 bits per heavy atom. The van der Waals surface area contributed by atoms with E-state index in [1.807, 2.05) is 6.07 Å². The third-order valence-electron chi connectivity index (χ3n) is 12.6. The first-order valence-electron chi connectivity index (χ1n) is 28.0. The number of nitrogens with zero attached hydrogens (tertiary/aromatic N) is 4. The Balaban J connectivity index is -0.000000221. The number of aryl methyl sites for hydroxylation is 2. The van der Waals surface area contributed by atoms with Gasteiger partial charge in [-0.3, -0.25) is 4.79 Å². The molecule has 2 saturated heterocycles. The summed E-state index contributed by atoms with van der Waals surface area (Å²) in [6, 6.07) is 26.2. The molecule has 2 unspecified atom stereocenters. The molecular weight excluding hydrogens is 1020 g/mol. The number of hydrogen-bond donors (Lipinski definition) is 2. The highest BCUT2D eigenvalue weighted by Crippen LogP contribution is 2.47. The zero-order chi connectivity index (χ0) is 59.3. The van der Waals surface area contributed by atoms with Crippen LogP contribution in [0.5, 0.6) is 0 Å². The average molecular weight is 1120 g/mol. The fourth-order valence-corrected chi connectivity index (χ4v) is 9.45. The summed E-state index contributed by atoms with van der Waals surface area (Å²) in [5, 5.41) is 9.66. The Morgan fingerprint density at radius 3 is 1.75 bits per heavy atom. The van der Waals surface area contributed by atoms with Crippen molar-refractivity contribution in [3.8, 4) is 0 Å². The van der Waals surface area contributed by atoms with Crippen LogP contribution in [-0.2, 0) is 37.9 Å². The van der Waals surface area contributed by atoms with Crippen LogP contribution in [0.25, 0.3) is 10.8 Å². The van der Waals surface area contributed by atoms with Crippen LogP contribution in [0.3, 0.4) is 0 Å². The molecule has 18 heteroatoms. The Labute approximate surface area is 466 Å². The summed E-state index contributed by atoms with van der Waals surface area (Å²) in [5.41, 5.74) is 8.71. The second kappa shape index (κ2) is 29.9. The normalized spacial score (nSPS) is 16.8. The monoisotopic (exact) mass is 1120 g/mol. The first kappa shape index (κ1) is 53.5. The minimum Gasteiger partial charge on any atom is -0.434 e. The molecule has 0 saturated carbocycles. The summed E-state index contributed by atoms with van der Waals surface area (Å²) in [6.07, 6.45) is 6.86. The lowest BCUT2D eigenvalue weighted by Gasteiger charge is -2.39. The number of ether oxygens (including phenoxy) is 2. The van der Waals surface area contributed by atoms with Gasteiger partial charge >= 0.3 is 11.5 Å². The number of fused-ring (bicyclic) bond motifs is 5. The van der Waals surface area contributed by atoms with Gasteiger partial charge in [0.25, 0.3) is 0 Å². The number of alkyl halides is 4. The predicted octanol–water partition coefficient (Wildman–Crippen LogP) is 14.5. The molecule has 2 atom stereocenters. The van der Waals surface area contributed by atoms with Crippen LogP contribution in [0.2, 0.25) is 0 Å². The molecule has 0 aromatic heterocycles. The van der Waals surface area contributed by atoms with Crippen molar-refractivity contribution < 1.29 is 41.6 Å². The summed E-state index contributed by atoms with van der Waals surface area (Å²) < 4.78 is 59.2. The largest absolute Gasteiger partial charge is 0.434 e. The molecule has 398 valence electrons. The van der Waals surface area contributed by atoms with Crippen molar-refractivity contribution in [1.29, 1.82) is 0 Å². The van der Waals surface area contributed by atoms with E-state index in [2.05, 4.69) is 134 Å². The maximum absolute atomic E-state index is 12.0. The van der Waals surface area contributed by atoms with Gasteiger partial charge in [0.05, 0.1) is 0 Å². The molecule has 11 nitrogen and oxygen atoms in total. The van der Waals surface area contributed by atoms with Gasteiger partial charge in [-0.2, -0.15) is 0 Å². The molecule has 2 fully saturated rings. The van der Waals surface area contributed by atoms with Gasteiger partial charge in [-0.15, -0.1) is 48.0 Å². The number of anilines is 4. The van der Waals surface area contributed by atoms with E-state index < -0.39 is 16.6 Å². The van der Waals surface area contributed by atoms with E-state index in [-0.39, 0.29) is 39.2 Å². The van der Waals surface area contributed by atoms with E-state index in [1.165, 1.54) is 64.3 Å². The van der Waals surface area contributed by atoms with Gasteiger partial charge in [0.15, 0.2) is 11.1 Å². The topological polar surface area (TPSA) is 107 Å². The molecule has 2 amide bonds. The molecule has 4 heterocycles. The number of piperidine rings is 2. The van der Waals surface area contributed by atoms with Crippen LogP contribution in [0, 0.1) is 0 Å². The van der Waals surface area contributed by atoms with Gasteiger partial charge in [-0.05, 0) is 117 Å². The molecule has 0 aliphatic carbocycles. The lowest BCUT2D eigenvalue weighted by atomic mass is 9.74. The van der Waals surface area contributed by atoms with Gasteiger partial charge in [0.2, 0.25) is 6.41 Å². The minimum absolute atomic E-state index is 0. The minimum atomic E-state index is -0.873. The number of nitrogens with one attached hydrogen (secondary N) is 2. The van der Waals surface area contributed by atoms with Gasteiger partial charge in [0, 0.05) is 134 Å². The van der Waals surface area contributed by atoms with Crippen LogP contribution < -0.4 is 25.3 Å². The second-order valence-corrected chi connectivity index (χ2v) is 19.8. The SMILES string of the molecule is CC(Cl)OC(=O)Cl.CCc1ccc2c(c1)C1(CCN(C(=O)OC(C)Cl)CC1)CN2C=O.CCc1ccc2c(c1)C1(CCNCC1)CN2.CN(C)c1cccc2cccc(N(C)C)c12.Cl.Cl.ClCCCl.[2HH].[2HH].[2H][2H].[2H][2H].[2H][2H].[2H][2H].[2H][2H]. The van der Waals surface area contributed by atoms with Crippen molar-refractivity contribution in [3.05, 3.63) is 95.1 Å². The highest BCUT2D eigenvalue weighted by Gasteiger charge is 2.46. The number of carbonyl (C=O) groups is 3. The molecule has 4 aliphatic rings. The number of hydrogen-bond acceptors (Lipinski definition) is 9. The molecule has 69 heavy (non-hydrogen) atoms. The number of halogens is 7. The third kappa shape index (κ3) is 16.9. The van der Waals surface area contributed by atoms with E-state index in [4.69, 9.17) is 77.6 Å². The predicted molar refractivity (Wildman–Crippen MR) is 313 cm³/mol. The highest BCUT2D eigenvalue weighted by atomic mass is 35.5. The summed E-state index contributed by atoms with van der Waals surface area (Å²) in [5.74, 6) is 1.11. The Bertz CT molecular complexity index is 2220. The Morgan fingerprint density at radius 1 is 0.783 bits per heavy atom. The Kier molecular flexibility index (Phi) is 23.2. The molecule has 4 aromatic rings. The molecule has 4 aliphatic heterocycles. The number of benzene rings is 4. The third-order valence-corrected chi connectivity index (χ3v) is 13.4. The number of amides is 2.